The van der Waals surface area contributed by atoms with E-state index in [0.29, 0.717) is 16.8 Å². The molecule has 0 unspecified atom stereocenters. The molecule has 0 aliphatic rings. The Labute approximate surface area is 367 Å². The maximum Gasteiger partial charge on any atom is 0.0799 e. The van der Waals surface area contributed by atoms with Crippen molar-refractivity contribution in [1.29, 1.82) is 0 Å². The number of nitrogens with zero attached hydrogens (tertiary/aromatic N) is 2. The Kier molecular flexibility index (Phi) is 10.6. The maximum atomic E-state index is 8.67. The topological polar surface area (TPSA) is 25.8 Å². The van der Waals surface area contributed by atoms with Crippen molar-refractivity contribution in [3.05, 3.63) is 163 Å². The van der Waals surface area contributed by atoms with Crippen LogP contribution in [0.25, 0.3) is 64.9 Å². The van der Waals surface area contributed by atoms with Crippen molar-refractivity contribution in [3.8, 4) is 44.8 Å². The summed E-state index contributed by atoms with van der Waals surface area (Å²) in [4.78, 5) is 9.30. The van der Waals surface area contributed by atoms with Gasteiger partial charge in [0.15, 0.2) is 0 Å². The molecule has 0 amide bonds. The van der Waals surface area contributed by atoms with Crippen LogP contribution in [0.5, 0.6) is 0 Å². The van der Waals surface area contributed by atoms with E-state index in [0.717, 1.165) is 32.6 Å². The van der Waals surface area contributed by atoms with Crippen LogP contribution in [-0.4, -0.2) is 18.0 Å². The Morgan fingerprint density at radius 1 is 0.789 bits per heavy atom. The molecule has 0 spiro atoms. The van der Waals surface area contributed by atoms with Crippen molar-refractivity contribution in [2.45, 2.75) is 73.4 Å². The Bertz CT molecular complexity index is 2880. The summed E-state index contributed by atoms with van der Waals surface area (Å²) in [5.74, 6) is -0.756. The normalized spacial score (nSPS) is 13.9. The third kappa shape index (κ3) is 9.79. The van der Waals surface area contributed by atoms with Gasteiger partial charge in [0.05, 0.1) is 8.07 Å². The van der Waals surface area contributed by atoms with Gasteiger partial charge in [-0.1, -0.05) is 168 Å². The van der Waals surface area contributed by atoms with E-state index in [-0.39, 0.29) is 25.7 Å². The van der Waals surface area contributed by atoms with Crippen molar-refractivity contribution in [1.82, 2.24) is 9.97 Å². The molecule has 5 heteroatoms. The molecular weight excluding hydrogens is 905 g/mol. The SMILES string of the molecule is [2H]C([2H])([2H])c1c[c-]c(-c2cc(C([2H])(C)C)c([Si](C)(C)C)cn2)cc1-c1ccccc1.[2H]C([2H])(c1ccnc(-c2[c-]ccc3c2sc2cc(-c4ccccc4)ccc23)c1)C(C)(C)C.[Ir]. The molecule has 0 fully saturated rings. The van der Waals surface area contributed by atoms with Crippen LogP contribution in [0.2, 0.25) is 19.6 Å². The van der Waals surface area contributed by atoms with Crippen LogP contribution in [0.15, 0.2) is 134 Å². The number of pyridine rings is 2. The van der Waals surface area contributed by atoms with Gasteiger partial charge in [0.25, 0.3) is 0 Å². The van der Waals surface area contributed by atoms with Crippen molar-refractivity contribution >= 4 is 44.8 Å². The minimum absolute atomic E-state index is 0. The van der Waals surface area contributed by atoms with E-state index in [1.54, 1.807) is 29.7 Å². The van der Waals surface area contributed by atoms with Gasteiger partial charge < -0.3 is 9.97 Å². The number of rotatable bonds is 7. The Hall–Kier alpha value is -4.51. The van der Waals surface area contributed by atoms with E-state index >= 15 is 0 Å². The zero-order valence-corrected chi connectivity index (χ0v) is 38.0. The van der Waals surface area contributed by atoms with Gasteiger partial charge in [-0.15, -0.1) is 53.1 Å². The quantitative estimate of drug-likeness (QED) is 0.117. The second kappa shape index (κ2) is 17.5. The van der Waals surface area contributed by atoms with Crippen LogP contribution in [0.4, 0.5) is 0 Å². The molecule has 3 aromatic heterocycles. The molecule has 8 aromatic rings. The molecule has 1 radical (unpaired) electrons. The first-order valence-corrected chi connectivity index (χ1v) is 23.4. The van der Waals surface area contributed by atoms with Crippen molar-refractivity contribution in [2.24, 2.45) is 5.41 Å². The minimum atomic E-state index is -2.23. The fraction of sp³-hybridized carbons (Fsp3) is 0.231. The van der Waals surface area contributed by atoms with Crippen molar-refractivity contribution in [2.75, 3.05) is 0 Å². The number of fused-ring (bicyclic) bond motifs is 3. The fourth-order valence-electron chi connectivity index (χ4n) is 6.93. The van der Waals surface area contributed by atoms with Crippen LogP contribution in [0, 0.1) is 24.4 Å². The fourth-order valence-corrected chi connectivity index (χ4v) is 9.76. The van der Waals surface area contributed by atoms with Gasteiger partial charge in [-0.2, -0.15) is 11.3 Å². The summed E-state index contributed by atoms with van der Waals surface area (Å²) in [5, 5.41) is 3.58. The Morgan fingerprint density at radius 3 is 2.18 bits per heavy atom. The second-order valence-corrected chi connectivity index (χ2v) is 22.6. The molecule has 57 heavy (non-hydrogen) atoms. The molecule has 5 aromatic carbocycles. The largest absolute Gasteiger partial charge is 0.305 e. The van der Waals surface area contributed by atoms with E-state index in [1.807, 2.05) is 101 Å². The average molecular weight is 963 g/mol. The van der Waals surface area contributed by atoms with Gasteiger partial charge in [0.2, 0.25) is 0 Å². The zero-order valence-electron chi connectivity index (χ0n) is 39.8. The first-order chi connectivity index (χ1) is 29.0. The molecule has 0 saturated carbocycles. The van der Waals surface area contributed by atoms with Crippen LogP contribution in [0.3, 0.4) is 0 Å². The summed E-state index contributed by atoms with van der Waals surface area (Å²) in [5.41, 5.74) is 8.42. The van der Waals surface area contributed by atoms with Gasteiger partial charge >= 0.3 is 0 Å². The first-order valence-electron chi connectivity index (χ1n) is 22.1. The maximum absolute atomic E-state index is 8.67. The first kappa shape index (κ1) is 34.5. The molecule has 0 saturated heterocycles. The van der Waals surface area contributed by atoms with Gasteiger partial charge in [-0.3, -0.25) is 0 Å². The van der Waals surface area contributed by atoms with E-state index in [1.165, 1.54) is 31.8 Å². The second-order valence-electron chi connectivity index (χ2n) is 16.5. The van der Waals surface area contributed by atoms with Crippen LogP contribution >= 0.6 is 11.3 Å². The molecule has 291 valence electrons. The van der Waals surface area contributed by atoms with E-state index in [2.05, 4.69) is 85.3 Å². The average Bonchev–Trinajstić information content (AvgIpc) is 3.61. The summed E-state index contributed by atoms with van der Waals surface area (Å²) >= 11 is 1.75. The van der Waals surface area contributed by atoms with Crippen LogP contribution in [-0.2, 0) is 26.5 Å². The third-order valence-electron chi connectivity index (χ3n) is 9.64. The van der Waals surface area contributed by atoms with Gasteiger partial charge in [-0.25, -0.2) is 0 Å². The van der Waals surface area contributed by atoms with Gasteiger partial charge in [0, 0.05) is 45.4 Å². The number of hydrogen-bond donors (Lipinski definition) is 0. The molecule has 0 bridgehead atoms. The summed E-state index contributed by atoms with van der Waals surface area (Å²) in [6.45, 7) is 14.1. The van der Waals surface area contributed by atoms with Crippen LogP contribution < -0.4 is 5.19 Å². The predicted octanol–water partition coefficient (Wildman–Crippen LogP) is 14.4. The molecule has 3 heterocycles. The van der Waals surface area contributed by atoms with Crippen molar-refractivity contribution < 1.29 is 28.3 Å². The summed E-state index contributed by atoms with van der Waals surface area (Å²) < 4.78 is 52.1. The molecular formula is C52H52IrN2SSi-2. The summed E-state index contributed by atoms with van der Waals surface area (Å²) in [6, 6.07) is 46.2. The number of thiophene rings is 1. The molecule has 2 nitrogen and oxygen atoms in total. The van der Waals surface area contributed by atoms with Crippen LogP contribution in [0.1, 0.15) is 65.4 Å². The number of aromatic nitrogens is 2. The molecule has 8 rings (SSSR count). The van der Waals surface area contributed by atoms with Gasteiger partial charge in [0.1, 0.15) is 0 Å². The smallest absolute Gasteiger partial charge is 0.0799 e. The number of benzene rings is 5. The minimum Gasteiger partial charge on any atom is -0.305 e. The Balaban J connectivity index is 0.000000207. The van der Waals surface area contributed by atoms with E-state index < -0.39 is 32.6 Å². The van der Waals surface area contributed by atoms with Gasteiger partial charge in [-0.05, 0) is 73.2 Å². The molecule has 0 N–H and O–H groups in total. The number of aryl methyl sites for hydroxylation is 1. The zero-order chi connectivity index (χ0) is 44.8. The predicted molar refractivity (Wildman–Crippen MR) is 246 cm³/mol. The molecule has 0 aliphatic heterocycles. The molecule has 0 atom stereocenters. The molecule has 0 aliphatic carbocycles. The van der Waals surface area contributed by atoms with E-state index in [9.17, 15) is 0 Å². The Morgan fingerprint density at radius 2 is 1.51 bits per heavy atom. The third-order valence-corrected chi connectivity index (χ3v) is 12.8. The van der Waals surface area contributed by atoms with E-state index in [4.69, 9.17) is 13.2 Å². The summed E-state index contributed by atoms with van der Waals surface area (Å²) in [7, 11) is -1.68. The standard InChI is InChI=1S/C28H24NS.C24H28NSi.Ir/c1-28(2,3)18-19-14-15-29-25(16-19)24-11-7-10-23-22-13-12-21(17-26(22)30-27(23)24)20-8-5-4-6-9-20;1-17(2)21-15-23(25-16-24(21)26(4,5)6)20-13-12-18(3)22(14-20)19-10-8-7-9-11-19;/h4-10,12-17H,18H2,1-3H3;7-12,14-17H,1-6H3;/q2*-1;/i18D2;3D3,17D;. The summed E-state index contributed by atoms with van der Waals surface area (Å²) in [6.07, 6.45) is 2.14. The van der Waals surface area contributed by atoms with Crippen molar-refractivity contribution in [3.63, 3.8) is 0 Å². The monoisotopic (exact) mass is 963 g/mol. The number of hydrogen-bond acceptors (Lipinski definition) is 3.